The lowest BCUT2D eigenvalue weighted by molar-refractivity contribution is -0.126. The molecule has 3 aliphatic carbocycles. The van der Waals surface area contributed by atoms with Gasteiger partial charge in [0, 0.05) is 18.3 Å². The third kappa shape index (κ3) is 5.39. The van der Waals surface area contributed by atoms with E-state index < -0.39 is 0 Å². The molecule has 2 nitrogen and oxygen atoms in total. The first kappa shape index (κ1) is 20.9. The molecule has 3 saturated carbocycles. The molecular formula is C25H42O2. The van der Waals surface area contributed by atoms with Crippen LogP contribution in [0.3, 0.4) is 0 Å². The fraction of sp³-hybridized carbons (Fsp3) is 0.880. The van der Waals surface area contributed by atoms with E-state index in [2.05, 4.69) is 41.2 Å². The van der Waals surface area contributed by atoms with Gasteiger partial charge in [-0.05, 0) is 73.5 Å². The van der Waals surface area contributed by atoms with Crippen LogP contribution in [-0.2, 0) is 9.53 Å². The molecule has 0 radical (unpaired) electrons. The highest BCUT2D eigenvalue weighted by Crippen LogP contribution is 2.55. The first-order valence-electron chi connectivity index (χ1n) is 11.5. The summed E-state index contributed by atoms with van der Waals surface area (Å²) in [7, 11) is 0. The minimum atomic E-state index is 0.0299. The van der Waals surface area contributed by atoms with Crippen LogP contribution in [0.25, 0.3) is 0 Å². The summed E-state index contributed by atoms with van der Waals surface area (Å²) in [6, 6.07) is 0. The molecule has 3 fully saturated rings. The van der Waals surface area contributed by atoms with E-state index in [1.807, 2.05) is 0 Å². The number of hydrogen-bond acceptors (Lipinski definition) is 2. The van der Waals surface area contributed by atoms with Gasteiger partial charge in [0.25, 0.3) is 0 Å². The number of rotatable bonds is 8. The lowest BCUT2D eigenvalue weighted by Gasteiger charge is -2.34. The fourth-order valence-corrected chi connectivity index (χ4v) is 5.63. The van der Waals surface area contributed by atoms with Crippen molar-refractivity contribution in [3.8, 4) is 0 Å². The SMILES string of the molecule is C=C(OCC(C)(C)CCC(=O)C1CC(C)CCC1C)C1CC2CC2CC1C. The summed E-state index contributed by atoms with van der Waals surface area (Å²) in [6.45, 7) is 16.4. The predicted molar refractivity (Wildman–Crippen MR) is 112 cm³/mol. The highest BCUT2D eigenvalue weighted by molar-refractivity contribution is 5.81. The summed E-state index contributed by atoms with van der Waals surface area (Å²) in [6.07, 6.45) is 9.28. The van der Waals surface area contributed by atoms with Crippen LogP contribution in [0.5, 0.6) is 0 Å². The average Bonchev–Trinajstić information content (AvgIpc) is 3.37. The van der Waals surface area contributed by atoms with Gasteiger partial charge in [-0.3, -0.25) is 4.79 Å². The van der Waals surface area contributed by atoms with Gasteiger partial charge < -0.3 is 4.74 Å². The number of carbonyl (C=O) groups excluding carboxylic acids is 1. The van der Waals surface area contributed by atoms with Crippen LogP contribution in [0.4, 0.5) is 0 Å². The zero-order chi connectivity index (χ0) is 19.8. The maximum absolute atomic E-state index is 12.8. The van der Waals surface area contributed by atoms with Crippen molar-refractivity contribution in [2.24, 2.45) is 46.8 Å². The van der Waals surface area contributed by atoms with Gasteiger partial charge in [-0.15, -0.1) is 0 Å². The molecule has 3 rings (SSSR count). The van der Waals surface area contributed by atoms with Gasteiger partial charge in [-0.25, -0.2) is 0 Å². The van der Waals surface area contributed by atoms with Crippen LogP contribution in [0.1, 0.15) is 86.0 Å². The third-order valence-electron chi connectivity index (χ3n) is 7.97. The van der Waals surface area contributed by atoms with E-state index in [0.717, 1.165) is 30.4 Å². The number of ether oxygens (including phenoxy) is 1. The standard InChI is InChI=1S/C25H42O2/c1-16-7-8-17(2)23(11-16)24(26)9-10-25(5,6)15-27-19(4)22-14-21-13-20(21)12-18(22)3/h16-18,20-23H,4,7-15H2,1-3,5-6H3. The topological polar surface area (TPSA) is 26.3 Å². The van der Waals surface area contributed by atoms with E-state index in [-0.39, 0.29) is 11.3 Å². The van der Waals surface area contributed by atoms with Crippen molar-refractivity contribution in [2.75, 3.05) is 6.61 Å². The molecule has 0 heterocycles. The van der Waals surface area contributed by atoms with Crippen molar-refractivity contribution < 1.29 is 9.53 Å². The predicted octanol–water partition coefficient (Wildman–Crippen LogP) is 6.65. The Balaban J connectivity index is 1.42. The van der Waals surface area contributed by atoms with Crippen LogP contribution in [-0.4, -0.2) is 12.4 Å². The second kappa shape index (κ2) is 8.29. The molecule has 0 aromatic carbocycles. The van der Waals surface area contributed by atoms with E-state index in [9.17, 15) is 4.79 Å². The maximum Gasteiger partial charge on any atom is 0.136 e. The molecule has 0 bridgehead atoms. The van der Waals surface area contributed by atoms with Gasteiger partial charge >= 0.3 is 0 Å². The lowest BCUT2D eigenvalue weighted by Crippen LogP contribution is -2.30. The van der Waals surface area contributed by atoms with E-state index >= 15 is 0 Å². The van der Waals surface area contributed by atoms with Crippen LogP contribution >= 0.6 is 0 Å². The molecule has 0 spiro atoms. The quantitative estimate of drug-likeness (QED) is 0.445. The average molecular weight is 375 g/mol. The molecule has 0 aliphatic heterocycles. The smallest absolute Gasteiger partial charge is 0.136 e. The Labute approximate surface area is 167 Å². The number of fused-ring (bicyclic) bond motifs is 1. The molecule has 27 heavy (non-hydrogen) atoms. The highest BCUT2D eigenvalue weighted by atomic mass is 16.5. The van der Waals surface area contributed by atoms with Crippen LogP contribution in [0.15, 0.2) is 12.3 Å². The van der Waals surface area contributed by atoms with Crippen molar-refractivity contribution in [1.82, 2.24) is 0 Å². The summed E-state index contributed by atoms with van der Waals surface area (Å²) < 4.78 is 6.19. The first-order valence-corrected chi connectivity index (χ1v) is 11.5. The number of Topliss-reactive ketones (excluding diaryl/α,β-unsaturated/α-hetero) is 1. The Kier molecular flexibility index (Phi) is 6.43. The molecule has 2 heteroatoms. The second-order valence-electron chi connectivity index (χ2n) is 11.2. The van der Waals surface area contributed by atoms with Crippen molar-refractivity contribution in [1.29, 1.82) is 0 Å². The first-order chi connectivity index (χ1) is 12.7. The van der Waals surface area contributed by atoms with Gasteiger partial charge in [0.1, 0.15) is 5.78 Å². The Morgan fingerprint density at radius 1 is 0.963 bits per heavy atom. The van der Waals surface area contributed by atoms with Crippen molar-refractivity contribution >= 4 is 5.78 Å². The second-order valence-corrected chi connectivity index (χ2v) is 11.2. The zero-order valence-electron chi connectivity index (χ0n) is 18.4. The van der Waals surface area contributed by atoms with Gasteiger partial charge in [-0.1, -0.05) is 47.6 Å². The molecule has 154 valence electrons. The Hall–Kier alpha value is -0.790. The van der Waals surface area contributed by atoms with Gasteiger partial charge in [0.15, 0.2) is 0 Å². The Morgan fingerprint density at radius 2 is 1.67 bits per heavy atom. The molecule has 0 saturated heterocycles. The summed E-state index contributed by atoms with van der Waals surface area (Å²) in [5.41, 5.74) is 0.0299. The van der Waals surface area contributed by atoms with Crippen LogP contribution < -0.4 is 0 Å². The molecule has 0 aromatic rings. The summed E-state index contributed by atoms with van der Waals surface area (Å²) in [5.74, 6) is 6.23. The Morgan fingerprint density at radius 3 is 2.41 bits per heavy atom. The lowest BCUT2D eigenvalue weighted by atomic mass is 9.72. The van der Waals surface area contributed by atoms with Crippen LogP contribution in [0.2, 0.25) is 0 Å². The number of hydrogen-bond donors (Lipinski definition) is 0. The Bertz CT molecular complexity index is 525. The fourth-order valence-electron chi connectivity index (χ4n) is 5.63. The molecule has 7 atom stereocenters. The summed E-state index contributed by atoms with van der Waals surface area (Å²) >= 11 is 0. The van der Waals surface area contributed by atoms with E-state index in [0.29, 0.717) is 42.5 Å². The highest BCUT2D eigenvalue weighted by Gasteiger charge is 2.46. The van der Waals surface area contributed by atoms with Gasteiger partial charge in [-0.2, -0.15) is 0 Å². The third-order valence-corrected chi connectivity index (χ3v) is 7.97. The number of carbonyl (C=O) groups is 1. The van der Waals surface area contributed by atoms with E-state index in [1.54, 1.807) is 0 Å². The largest absolute Gasteiger partial charge is 0.498 e. The van der Waals surface area contributed by atoms with Gasteiger partial charge in [0.05, 0.1) is 12.4 Å². The van der Waals surface area contributed by atoms with Crippen LogP contribution in [0, 0.1) is 46.8 Å². The summed E-state index contributed by atoms with van der Waals surface area (Å²) in [4.78, 5) is 12.8. The van der Waals surface area contributed by atoms with Crippen molar-refractivity contribution in [2.45, 2.75) is 86.0 Å². The zero-order valence-corrected chi connectivity index (χ0v) is 18.4. The normalized spacial score (nSPS) is 38.8. The monoisotopic (exact) mass is 374 g/mol. The molecular weight excluding hydrogens is 332 g/mol. The molecule has 7 unspecified atom stereocenters. The maximum atomic E-state index is 12.8. The molecule has 3 aliphatic rings. The molecule has 0 amide bonds. The number of ketones is 1. The van der Waals surface area contributed by atoms with Gasteiger partial charge in [0.2, 0.25) is 0 Å². The molecule has 0 aromatic heterocycles. The minimum Gasteiger partial charge on any atom is -0.498 e. The number of allylic oxidation sites excluding steroid dienone is 1. The molecule has 0 N–H and O–H groups in total. The minimum absolute atomic E-state index is 0.0299. The van der Waals surface area contributed by atoms with Crippen molar-refractivity contribution in [3.63, 3.8) is 0 Å². The van der Waals surface area contributed by atoms with E-state index in [4.69, 9.17) is 4.74 Å². The van der Waals surface area contributed by atoms with E-state index in [1.165, 1.54) is 32.1 Å². The summed E-state index contributed by atoms with van der Waals surface area (Å²) in [5, 5.41) is 0. The van der Waals surface area contributed by atoms with Crippen molar-refractivity contribution in [3.05, 3.63) is 12.3 Å².